The highest BCUT2D eigenvalue weighted by Gasteiger charge is 2.14. The molecule has 0 unspecified atom stereocenters. The van der Waals surface area contributed by atoms with Crippen LogP contribution in [0, 0.1) is 11.8 Å². The first kappa shape index (κ1) is 15.2. The van der Waals surface area contributed by atoms with Gasteiger partial charge in [0.2, 0.25) is 0 Å². The summed E-state index contributed by atoms with van der Waals surface area (Å²) in [6.07, 6.45) is 0.458. The molecule has 5 nitrogen and oxygen atoms in total. The highest BCUT2D eigenvalue weighted by atomic mass is 32.1. The number of carbonyl (C=O) groups is 1. The van der Waals surface area contributed by atoms with Crippen LogP contribution in [-0.4, -0.2) is 39.2 Å². The minimum absolute atomic E-state index is 0.0611. The van der Waals surface area contributed by atoms with Crippen molar-refractivity contribution < 1.29 is 9.90 Å². The SMILES string of the molecule is CN(Cc1cccc(C#CCCO)c1)C(=O)c1csnn1. The quantitative estimate of drug-likeness (QED) is 0.870. The van der Waals surface area contributed by atoms with Crippen LogP contribution < -0.4 is 0 Å². The lowest BCUT2D eigenvalue weighted by Crippen LogP contribution is -2.26. The molecule has 0 saturated heterocycles. The van der Waals surface area contributed by atoms with E-state index in [0.29, 0.717) is 18.7 Å². The highest BCUT2D eigenvalue weighted by molar-refractivity contribution is 7.03. The molecule has 0 saturated carbocycles. The van der Waals surface area contributed by atoms with Crippen LogP contribution >= 0.6 is 11.5 Å². The van der Waals surface area contributed by atoms with Crippen molar-refractivity contribution in [2.24, 2.45) is 0 Å². The molecule has 1 aromatic heterocycles. The molecule has 0 radical (unpaired) electrons. The lowest BCUT2D eigenvalue weighted by Gasteiger charge is -2.15. The number of aromatic nitrogens is 2. The third-order valence-electron chi connectivity index (χ3n) is 2.74. The average molecular weight is 301 g/mol. The largest absolute Gasteiger partial charge is 0.395 e. The Morgan fingerprint density at radius 2 is 2.33 bits per heavy atom. The van der Waals surface area contributed by atoms with E-state index in [2.05, 4.69) is 21.4 Å². The van der Waals surface area contributed by atoms with Gasteiger partial charge in [-0.25, -0.2) is 0 Å². The molecule has 0 fully saturated rings. The van der Waals surface area contributed by atoms with Gasteiger partial charge in [-0.3, -0.25) is 4.79 Å². The first-order chi connectivity index (χ1) is 10.2. The Balaban J connectivity index is 2.04. The van der Waals surface area contributed by atoms with Gasteiger partial charge >= 0.3 is 0 Å². The summed E-state index contributed by atoms with van der Waals surface area (Å²) in [7, 11) is 1.73. The number of benzene rings is 1. The van der Waals surface area contributed by atoms with Crippen molar-refractivity contribution in [3.05, 3.63) is 46.5 Å². The van der Waals surface area contributed by atoms with Crippen molar-refractivity contribution in [3.63, 3.8) is 0 Å². The van der Waals surface area contributed by atoms with Crippen molar-refractivity contribution in [3.8, 4) is 11.8 Å². The molecule has 21 heavy (non-hydrogen) atoms. The summed E-state index contributed by atoms with van der Waals surface area (Å²) in [6.45, 7) is 0.539. The number of nitrogens with zero attached hydrogens (tertiary/aromatic N) is 3. The summed E-state index contributed by atoms with van der Waals surface area (Å²) < 4.78 is 3.69. The van der Waals surface area contributed by atoms with E-state index in [9.17, 15) is 4.79 Å². The second-order valence-corrected chi connectivity index (χ2v) is 5.04. The van der Waals surface area contributed by atoms with E-state index in [1.165, 1.54) is 0 Å². The van der Waals surface area contributed by atoms with Crippen LogP contribution in [0.2, 0.25) is 0 Å². The lowest BCUT2D eigenvalue weighted by atomic mass is 10.1. The molecule has 0 bridgehead atoms. The summed E-state index contributed by atoms with van der Waals surface area (Å²) in [5.41, 5.74) is 2.23. The summed E-state index contributed by atoms with van der Waals surface area (Å²) >= 11 is 1.16. The maximum absolute atomic E-state index is 12.1. The zero-order chi connectivity index (χ0) is 15.1. The lowest BCUT2D eigenvalue weighted by molar-refractivity contribution is 0.0779. The second-order valence-electron chi connectivity index (χ2n) is 4.43. The summed E-state index contributed by atoms with van der Waals surface area (Å²) in [5.74, 6) is 5.71. The zero-order valence-corrected chi connectivity index (χ0v) is 12.4. The zero-order valence-electron chi connectivity index (χ0n) is 11.6. The summed E-state index contributed by atoms with van der Waals surface area (Å²) in [5, 5.41) is 14.1. The van der Waals surface area contributed by atoms with Gasteiger partial charge in [0.05, 0.1) is 6.61 Å². The monoisotopic (exact) mass is 301 g/mol. The van der Waals surface area contributed by atoms with Crippen LogP contribution in [0.15, 0.2) is 29.6 Å². The first-order valence-corrected chi connectivity index (χ1v) is 7.25. The highest BCUT2D eigenvalue weighted by Crippen LogP contribution is 2.09. The third-order valence-corrected chi connectivity index (χ3v) is 3.25. The number of carbonyl (C=O) groups excluding carboxylic acids is 1. The molecule has 0 aliphatic carbocycles. The Morgan fingerprint density at radius 3 is 3.05 bits per heavy atom. The summed E-state index contributed by atoms with van der Waals surface area (Å²) in [6, 6.07) is 7.69. The van der Waals surface area contributed by atoms with Gasteiger partial charge in [-0.2, -0.15) is 0 Å². The average Bonchev–Trinajstić information content (AvgIpc) is 3.01. The van der Waals surface area contributed by atoms with Crippen LogP contribution in [0.5, 0.6) is 0 Å². The fourth-order valence-electron chi connectivity index (χ4n) is 1.77. The molecule has 0 spiro atoms. The molecule has 0 aliphatic heterocycles. The Bertz CT molecular complexity index is 659. The number of amides is 1. The molecule has 1 heterocycles. The van der Waals surface area contributed by atoms with E-state index in [-0.39, 0.29) is 12.5 Å². The summed E-state index contributed by atoms with van der Waals surface area (Å²) in [4.78, 5) is 13.7. The fraction of sp³-hybridized carbons (Fsp3) is 0.267. The van der Waals surface area contributed by atoms with E-state index >= 15 is 0 Å². The van der Waals surface area contributed by atoms with Crippen molar-refractivity contribution in [1.82, 2.24) is 14.5 Å². The van der Waals surface area contributed by atoms with Gasteiger partial charge in [-0.1, -0.05) is 28.5 Å². The topological polar surface area (TPSA) is 66.3 Å². The van der Waals surface area contributed by atoms with Gasteiger partial charge in [-0.05, 0) is 29.2 Å². The smallest absolute Gasteiger partial charge is 0.275 e. The molecule has 2 aromatic rings. The standard InChI is InChI=1S/C15H15N3O2S/c1-18(15(20)14-11-21-17-16-14)10-13-7-4-6-12(9-13)5-2-3-8-19/h4,6-7,9,11,19H,3,8,10H2,1H3. The normalized spacial score (nSPS) is 9.81. The fourth-order valence-corrected chi connectivity index (χ4v) is 2.20. The molecule has 6 heteroatoms. The predicted molar refractivity (Wildman–Crippen MR) is 80.7 cm³/mol. The van der Waals surface area contributed by atoms with Crippen molar-refractivity contribution in [2.75, 3.05) is 13.7 Å². The molecule has 1 amide bonds. The molecule has 1 aromatic carbocycles. The minimum atomic E-state index is -0.152. The van der Waals surface area contributed by atoms with Crippen LogP contribution in [0.3, 0.4) is 0 Å². The van der Waals surface area contributed by atoms with Gasteiger partial charge in [0, 0.05) is 31.0 Å². The van der Waals surface area contributed by atoms with Gasteiger partial charge in [-0.15, -0.1) is 5.10 Å². The van der Waals surface area contributed by atoms with E-state index in [1.54, 1.807) is 17.3 Å². The molecule has 2 rings (SSSR count). The number of rotatable bonds is 4. The molecular weight excluding hydrogens is 286 g/mol. The van der Waals surface area contributed by atoms with E-state index < -0.39 is 0 Å². The molecular formula is C15H15N3O2S. The van der Waals surface area contributed by atoms with Gasteiger partial charge in [0.25, 0.3) is 5.91 Å². The predicted octanol–water partition coefficient (Wildman–Crippen LogP) is 1.54. The van der Waals surface area contributed by atoms with Gasteiger partial charge in [0.1, 0.15) is 0 Å². The van der Waals surface area contributed by atoms with Crippen molar-refractivity contribution >= 4 is 17.4 Å². The van der Waals surface area contributed by atoms with Gasteiger partial charge < -0.3 is 10.0 Å². The molecule has 0 atom stereocenters. The Labute approximate surface area is 127 Å². The van der Waals surface area contributed by atoms with Crippen LogP contribution in [-0.2, 0) is 6.54 Å². The van der Waals surface area contributed by atoms with E-state index in [0.717, 1.165) is 22.7 Å². The first-order valence-electron chi connectivity index (χ1n) is 6.42. The van der Waals surface area contributed by atoms with Crippen LogP contribution in [0.25, 0.3) is 0 Å². The Kier molecular flexibility index (Phi) is 5.43. The third kappa shape index (κ3) is 4.38. The minimum Gasteiger partial charge on any atom is -0.395 e. The number of hydrogen-bond acceptors (Lipinski definition) is 5. The Morgan fingerprint density at radius 1 is 1.48 bits per heavy atom. The molecule has 1 N–H and O–H groups in total. The number of hydrogen-bond donors (Lipinski definition) is 1. The van der Waals surface area contributed by atoms with Crippen molar-refractivity contribution in [2.45, 2.75) is 13.0 Å². The van der Waals surface area contributed by atoms with E-state index in [1.807, 2.05) is 24.3 Å². The molecule has 108 valence electrons. The Hall–Kier alpha value is -2.23. The second kappa shape index (κ2) is 7.53. The number of aliphatic hydroxyl groups excluding tert-OH is 1. The van der Waals surface area contributed by atoms with Crippen LogP contribution in [0.4, 0.5) is 0 Å². The van der Waals surface area contributed by atoms with Gasteiger partial charge in [0.15, 0.2) is 5.69 Å². The van der Waals surface area contributed by atoms with Crippen LogP contribution in [0.1, 0.15) is 28.0 Å². The number of aliphatic hydroxyl groups is 1. The maximum atomic E-state index is 12.1. The maximum Gasteiger partial charge on any atom is 0.275 e. The van der Waals surface area contributed by atoms with E-state index in [4.69, 9.17) is 5.11 Å². The molecule has 0 aliphatic rings. The van der Waals surface area contributed by atoms with Crippen molar-refractivity contribution in [1.29, 1.82) is 0 Å².